The standard InChI is InChI=1S/C12H8OS/c1-2-5-9(6-3-1)13-10-7-4-8-11-12(10)14-11/h1-8H. The van der Waals surface area contributed by atoms with E-state index >= 15 is 0 Å². The van der Waals surface area contributed by atoms with E-state index in [2.05, 4.69) is 6.07 Å². The Morgan fingerprint density at radius 3 is 2.57 bits per heavy atom. The Balaban J connectivity index is 1.90. The van der Waals surface area contributed by atoms with Crippen LogP contribution in [0.4, 0.5) is 0 Å². The van der Waals surface area contributed by atoms with Crippen LogP contribution in [-0.4, -0.2) is 0 Å². The molecule has 0 atom stereocenters. The van der Waals surface area contributed by atoms with Crippen molar-refractivity contribution in [3.63, 3.8) is 0 Å². The fourth-order valence-corrected chi connectivity index (χ4v) is 2.05. The molecule has 0 spiro atoms. The predicted molar refractivity (Wildman–Crippen MR) is 57.1 cm³/mol. The first-order chi connectivity index (χ1) is 6.93. The minimum Gasteiger partial charge on any atom is -0.456 e. The van der Waals surface area contributed by atoms with Crippen LogP contribution in [0.5, 0.6) is 11.5 Å². The molecule has 2 aromatic carbocycles. The second kappa shape index (κ2) is 3.07. The Labute approximate surface area is 86.7 Å². The fraction of sp³-hybridized carbons (Fsp3) is 0. The third-order valence-electron chi connectivity index (χ3n) is 2.08. The average Bonchev–Trinajstić information content (AvgIpc) is 2.99. The van der Waals surface area contributed by atoms with Gasteiger partial charge in [0.15, 0.2) is 0 Å². The third-order valence-corrected chi connectivity index (χ3v) is 3.07. The molecule has 2 heteroatoms. The summed E-state index contributed by atoms with van der Waals surface area (Å²) in [5.41, 5.74) is 0. The Morgan fingerprint density at radius 2 is 1.71 bits per heavy atom. The van der Waals surface area contributed by atoms with E-state index in [1.165, 1.54) is 9.79 Å². The smallest absolute Gasteiger partial charge is 0.142 e. The van der Waals surface area contributed by atoms with Crippen LogP contribution in [0.2, 0.25) is 0 Å². The second-order valence-electron chi connectivity index (χ2n) is 3.10. The van der Waals surface area contributed by atoms with E-state index in [4.69, 9.17) is 4.74 Å². The number of para-hydroxylation sites is 1. The van der Waals surface area contributed by atoms with E-state index in [0.717, 1.165) is 11.5 Å². The number of benzene rings is 2. The normalized spacial score (nSPS) is 12.0. The van der Waals surface area contributed by atoms with Gasteiger partial charge in [0.25, 0.3) is 0 Å². The molecular formula is C12H8OS. The summed E-state index contributed by atoms with van der Waals surface area (Å²) in [6.45, 7) is 0. The molecule has 68 valence electrons. The summed E-state index contributed by atoms with van der Waals surface area (Å²) >= 11 is 1.78. The second-order valence-corrected chi connectivity index (χ2v) is 4.15. The van der Waals surface area contributed by atoms with Gasteiger partial charge in [-0.25, -0.2) is 0 Å². The monoisotopic (exact) mass is 200 g/mol. The van der Waals surface area contributed by atoms with E-state index in [0.29, 0.717) is 0 Å². The van der Waals surface area contributed by atoms with Crippen LogP contribution in [0.1, 0.15) is 0 Å². The highest BCUT2D eigenvalue weighted by Gasteiger charge is 2.23. The maximum Gasteiger partial charge on any atom is 0.142 e. The van der Waals surface area contributed by atoms with Crippen LogP contribution in [0.25, 0.3) is 0 Å². The summed E-state index contributed by atoms with van der Waals surface area (Å²) < 4.78 is 5.74. The topological polar surface area (TPSA) is 9.23 Å². The molecule has 0 saturated heterocycles. The molecule has 0 fully saturated rings. The molecular weight excluding hydrogens is 192 g/mol. The number of hydrogen-bond acceptors (Lipinski definition) is 2. The van der Waals surface area contributed by atoms with E-state index in [1.54, 1.807) is 11.8 Å². The summed E-state index contributed by atoms with van der Waals surface area (Å²) in [6.07, 6.45) is 0. The van der Waals surface area contributed by atoms with Gasteiger partial charge in [0, 0.05) is 4.90 Å². The molecule has 3 rings (SSSR count). The van der Waals surface area contributed by atoms with Gasteiger partial charge in [-0.05, 0) is 24.3 Å². The molecule has 2 aromatic rings. The highest BCUT2D eigenvalue weighted by atomic mass is 32.2. The van der Waals surface area contributed by atoms with Crippen molar-refractivity contribution in [2.75, 3.05) is 0 Å². The highest BCUT2D eigenvalue weighted by molar-refractivity contribution is 8.05. The van der Waals surface area contributed by atoms with Gasteiger partial charge in [-0.1, -0.05) is 36.0 Å². The molecule has 0 unspecified atom stereocenters. The van der Waals surface area contributed by atoms with Crippen molar-refractivity contribution in [2.24, 2.45) is 0 Å². The quantitative estimate of drug-likeness (QED) is 0.579. The van der Waals surface area contributed by atoms with Gasteiger partial charge in [-0.3, -0.25) is 0 Å². The van der Waals surface area contributed by atoms with Gasteiger partial charge in [-0.2, -0.15) is 0 Å². The highest BCUT2D eigenvalue weighted by Crippen LogP contribution is 2.54. The van der Waals surface area contributed by atoms with E-state index in [1.807, 2.05) is 42.5 Å². The lowest BCUT2D eigenvalue weighted by molar-refractivity contribution is 0.471. The van der Waals surface area contributed by atoms with Crippen molar-refractivity contribution in [1.82, 2.24) is 0 Å². The molecule has 0 bridgehead atoms. The molecule has 0 N–H and O–H groups in total. The molecule has 14 heavy (non-hydrogen) atoms. The minimum absolute atomic E-state index is 0.897. The molecule has 0 amide bonds. The Morgan fingerprint density at radius 1 is 0.857 bits per heavy atom. The summed E-state index contributed by atoms with van der Waals surface area (Å²) in [5.74, 6) is 1.87. The molecule has 1 nitrogen and oxygen atoms in total. The predicted octanol–water partition coefficient (Wildman–Crippen LogP) is 3.94. The van der Waals surface area contributed by atoms with Crippen molar-refractivity contribution in [3.8, 4) is 11.5 Å². The van der Waals surface area contributed by atoms with Gasteiger partial charge in [0.1, 0.15) is 11.5 Å². The molecule has 0 aromatic heterocycles. The molecule has 0 radical (unpaired) electrons. The average molecular weight is 200 g/mol. The molecule has 0 aliphatic carbocycles. The van der Waals surface area contributed by atoms with Gasteiger partial charge in [-0.15, -0.1) is 0 Å². The maximum absolute atomic E-state index is 5.74. The Kier molecular flexibility index (Phi) is 1.74. The van der Waals surface area contributed by atoms with Crippen LogP contribution in [0.15, 0.2) is 58.3 Å². The van der Waals surface area contributed by atoms with Crippen LogP contribution in [0, 0.1) is 0 Å². The van der Waals surface area contributed by atoms with Gasteiger partial charge in [0.05, 0.1) is 4.90 Å². The van der Waals surface area contributed by atoms with Crippen LogP contribution >= 0.6 is 11.8 Å². The van der Waals surface area contributed by atoms with Crippen molar-refractivity contribution < 1.29 is 4.74 Å². The zero-order valence-corrected chi connectivity index (χ0v) is 8.25. The Bertz CT molecular complexity index is 465. The zero-order chi connectivity index (χ0) is 9.38. The van der Waals surface area contributed by atoms with Crippen molar-refractivity contribution in [3.05, 3.63) is 48.5 Å². The van der Waals surface area contributed by atoms with Crippen molar-refractivity contribution >= 4 is 11.8 Å². The SMILES string of the molecule is c1ccc(Oc2cccc3c2S3)cc1. The summed E-state index contributed by atoms with van der Waals surface area (Å²) in [7, 11) is 0. The molecule has 1 heterocycles. The number of hydrogen-bond donors (Lipinski definition) is 0. The first-order valence-corrected chi connectivity index (χ1v) is 5.29. The number of rotatable bonds is 2. The van der Waals surface area contributed by atoms with Crippen molar-refractivity contribution in [2.45, 2.75) is 9.79 Å². The largest absolute Gasteiger partial charge is 0.456 e. The van der Waals surface area contributed by atoms with E-state index in [-0.39, 0.29) is 0 Å². The lowest BCUT2D eigenvalue weighted by Gasteiger charge is -2.03. The fourth-order valence-electron chi connectivity index (χ4n) is 1.36. The molecule has 1 aliphatic rings. The number of fused-ring (bicyclic) bond motifs is 1. The molecule has 0 saturated carbocycles. The third kappa shape index (κ3) is 1.38. The van der Waals surface area contributed by atoms with Crippen LogP contribution < -0.4 is 4.74 Å². The van der Waals surface area contributed by atoms with E-state index in [9.17, 15) is 0 Å². The van der Waals surface area contributed by atoms with Crippen LogP contribution in [0.3, 0.4) is 0 Å². The lowest BCUT2D eigenvalue weighted by atomic mass is 10.3. The zero-order valence-electron chi connectivity index (χ0n) is 7.44. The van der Waals surface area contributed by atoms with Gasteiger partial charge >= 0.3 is 0 Å². The van der Waals surface area contributed by atoms with Gasteiger partial charge < -0.3 is 4.74 Å². The number of ether oxygens (including phenoxy) is 1. The van der Waals surface area contributed by atoms with Gasteiger partial charge in [0.2, 0.25) is 0 Å². The minimum atomic E-state index is 0.897. The summed E-state index contributed by atoms with van der Waals surface area (Å²) in [5, 5.41) is 0. The summed E-state index contributed by atoms with van der Waals surface area (Å²) in [6, 6.07) is 16.0. The first kappa shape index (κ1) is 7.94. The Hall–Kier alpha value is -1.41. The van der Waals surface area contributed by atoms with E-state index < -0.39 is 0 Å². The molecule has 1 aliphatic heterocycles. The van der Waals surface area contributed by atoms with Crippen LogP contribution in [-0.2, 0) is 0 Å². The van der Waals surface area contributed by atoms with Crippen molar-refractivity contribution in [1.29, 1.82) is 0 Å². The summed E-state index contributed by atoms with van der Waals surface area (Å²) in [4.78, 5) is 2.61. The first-order valence-electron chi connectivity index (χ1n) is 4.47. The lowest BCUT2D eigenvalue weighted by Crippen LogP contribution is -1.81. The maximum atomic E-state index is 5.74.